The molecule has 1 N–H and O–H groups in total. The van der Waals surface area contributed by atoms with Crippen LogP contribution in [-0.4, -0.2) is 30.8 Å². The summed E-state index contributed by atoms with van der Waals surface area (Å²) in [5.74, 6) is 0.876. The molecule has 5 nitrogen and oxygen atoms in total. The van der Waals surface area contributed by atoms with Gasteiger partial charge in [0, 0.05) is 18.8 Å². The molecule has 0 aliphatic rings. The second kappa shape index (κ2) is 7.56. The van der Waals surface area contributed by atoms with Crippen molar-refractivity contribution in [3.8, 4) is 0 Å². The highest BCUT2D eigenvalue weighted by atomic mass is 32.2. The molecule has 0 saturated heterocycles. The Bertz CT molecular complexity index is 588. The first-order valence-corrected chi connectivity index (χ1v) is 9.60. The zero-order valence-corrected chi connectivity index (χ0v) is 15.1. The van der Waals surface area contributed by atoms with Crippen molar-refractivity contribution in [2.75, 3.05) is 13.1 Å². The number of thiazole rings is 1. The van der Waals surface area contributed by atoms with Gasteiger partial charge < -0.3 is 4.98 Å². The maximum atomic E-state index is 12.8. The third-order valence-electron chi connectivity index (χ3n) is 3.27. The Morgan fingerprint density at radius 1 is 1.10 bits per heavy atom. The summed E-state index contributed by atoms with van der Waals surface area (Å²) in [4.78, 5) is 13.6. The van der Waals surface area contributed by atoms with E-state index in [2.05, 4.69) is 32.7 Å². The lowest BCUT2D eigenvalue weighted by Gasteiger charge is -2.23. The SMILES string of the molecule is Cc1[nH]c(=O)sc1S(=O)(=O)N(CCC(C)C)CCC(C)C. The second-order valence-corrected chi connectivity index (χ2v) is 9.31. The minimum absolute atomic E-state index is 0.153. The predicted octanol–water partition coefficient (Wildman–Crippen LogP) is 2.83. The Labute approximate surface area is 131 Å². The molecule has 0 atom stereocenters. The molecule has 7 heteroatoms. The van der Waals surface area contributed by atoms with E-state index in [4.69, 9.17) is 0 Å². The molecule has 0 aromatic carbocycles. The van der Waals surface area contributed by atoms with Crippen molar-refractivity contribution in [3.63, 3.8) is 0 Å². The van der Waals surface area contributed by atoms with Crippen molar-refractivity contribution in [2.24, 2.45) is 11.8 Å². The van der Waals surface area contributed by atoms with E-state index >= 15 is 0 Å². The van der Waals surface area contributed by atoms with E-state index in [0.29, 0.717) is 30.6 Å². The Kier molecular flexibility index (Phi) is 6.62. The lowest BCUT2D eigenvalue weighted by Crippen LogP contribution is -2.34. The summed E-state index contributed by atoms with van der Waals surface area (Å²) in [5, 5.41) is 0. The van der Waals surface area contributed by atoms with Crippen LogP contribution in [-0.2, 0) is 10.0 Å². The maximum absolute atomic E-state index is 12.8. The monoisotopic (exact) mass is 334 g/mol. The number of H-pyrrole nitrogens is 1. The van der Waals surface area contributed by atoms with Gasteiger partial charge >= 0.3 is 4.87 Å². The number of aromatic amines is 1. The van der Waals surface area contributed by atoms with Gasteiger partial charge in [-0.1, -0.05) is 39.0 Å². The van der Waals surface area contributed by atoms with Crippen LogP contribution in [0.1, 0.15) is 46.2 Å². The minimum atomic E-state index is -3.58. The molecular formula is C14H26N2O3S2. The quantitative estimate of drug-likeness (QED) is 0.794. The van der Waals surface area contributed by atoms with Crippen molar-refractivity contribution in [1.82, 2.24) is 9.29 Å². The van der Waals surface area contributed by atoms with E-state index < -0.39 is 10.0 Å². The first-order chi connectivity index (χ1) is 9.64. The summed E-state index contributed by atoms with van der Waals surface area (Å²) in [6.45, 7) is 10.9. The average Bonchev–Trinajstić information content (AvgIpc) is 2.68. The van der Waals surface area contributed by atoms with E-state index in [-0.39, 0.29) is 9.08 Å². The molecule has 1 aromatic heterocycles. The van der Waals surface area contributed by atoms with Gasteiger partial charge in [-0.25, -0.2) is 8.42 Å². The third kappa shape index (κ3) is 5.23. The summed E-state index contributed by atoms with van der Waals surface area (Å²) in [5.41, 5.74) is 0.434. The third-order valence-corrected chi connectivity index (χ3v) is 6.75. The molecule has 0 unspecified atom stereocenters. The Morgan fingerprint density at radius 3 is 1.90 bits per heavy atom. The van der Waals surface area contributed by atoms with Gasteiger partial charge in [0.05, 0.1) is 0 Å². The summed E-state index contributed by atoms with van der Waals surface area (Å²) in [6, 6.07) is 0. The van der Waals surface area contributed by atoms with Gasteiger partial charge in [-0.15, -0.1) is 0 Å². The number of aryl methyl sites for hydroxylation is 1. The number of nitrogens with one attached hydrogen (secondary N) is 1. The molecule has 0 bridgehead atoms. The normalized spacial score (nSPS) is 12.8. The van der Waals surface area contributed by atoms with Gasteiger partial charge in [-0.05, 0) is 31.6 Å². The van der Waals surface area contributed by atoms with E-state index in [9.17, 15) is 13.2 Å². The van der Waals surface area contributed by atoms with Gasteiger partial charge in [0.15, 0.2) is 4.21 Å². The predicted molar refractivity (Wildman–Crippen MR) is 87.3 cm³/mol. The number of sulfonamides is 1. The molecule has 0 aliphatic carbocycles. The maximum Gasteiger partial charge on any atom is 0.305 e. The molecule has 0 fully saturated rings. The number of hydrogen-bond donors (Lipinski definition) is 1. The van der Waals surface area contributed by atoms with Crippen molar-refractivity contribution in [1.29, 1.82) is 0 Å². The van der Waals surface area contributed by atoms with Crippen LogP contribution >= 0.6 is 11.3 Å². The molecule has 0 amide bonds. The molecule has 0 radical (unpaired) electrons. The van der Waals surface area contributed by atoms with Crippen molar-refractivity contribution >= 4 is 21.4 Å². The molecule has 0 spiro atoms. The molecule has 1 heterocycles. The van der Waals surface area contributed by atoms with Crippen LogP contribution in [0.5, 0.6) is 0 Å². The highest BCUT2D eigenvalue weighted by Gasteiger charge is 2.28. The Hall–Kier alpha value is -0.660. The molecular weight excluding hydrogens is 308 g/mol. The summed E-state index contributed by atoms with van der Waals surface area (Å²) in [6.07, 6.45) is 1.63. The second-order valence-electron chi connectivity index (χ2n) is 6.20. The first-order valence-electron chi connectivity index (χ1n) is 7.34. The van der Waals surface area contributed by atoms with Crippen molar-refractivity contribution < 1.29 is 8.42 Å². The molecule has 1 rings (SSSR count). The van der Waals surface area contributed by atoms with Gasteiger partial charge in [-0.2, -0.15) is 4.31 Å². The summed E-state index contributed by atoms with van der Waals surface area (Å²) in [7, 11) is -3.58. The fraction of sp³-hybridized carbons (Fsp3) is 0.786. The zero-order chi connectivity index (χ0) is 16.2. The summed E-state index contributed by atoms with van der Waals surface area (Å²) < 4.78 is 27.2. The van der Waals surface area contributed by atoms with Crippen LogP contribution in [0.15, 0.2) is 9.00 Å². The number of rotatable bonds is 8. The minimum Gasteiger partial charge on any atom is -0.315 e. The van der Waals surface area contributed by atoms with E-state index in [1.165, 1.54) is 4.31 Å². The molecule has 21 heavy (non-hydrogen) atoms. The van der Waals surface area contributed by atoms with Gasteiger partial charge in [0.1, 0.15) is 0 Å². The van der Waals surface area contributed by atoms with Crippen LogP contribution in [0.4, 0.5) is 0 Å². The van der Waals surface area contributed by atoms with Gasteiger partial charge in [-0.3, -0.25) is 4.79 Å². The van der Waals surface area contributed by atoms with E-state index in [1.807, 2.05) is 0 Å². The van der Waals surface area contributed by atoms with Crippen LogP contribution in [0.25, 0.3) is 0 Å². The molecule has 0 aliphatic heterocycles. The molecule has 122 valence electrons. The van der Waals surface area contributed by atoms with E-state index in [0.717, 1.165) is 24.2 Å². The largest absolute Gasteiger partial charge is 0.315 e. The highest BCUT2D eigenvalue weighted by molar-refractivity contribution is 7.91. The topological polar surface area (TPSA) is 70.2 Å². The molecule has 0 saturated carbocycles. The standard InChI is InChI=1S/C14H26N2O3S2/c1-10(2)6-8-16(9-7-11(3)4)21(18,19)13-12(5)15-14(17)20-13/h10-11H,6-9H2,1-5H3,(H,15,17). The smallest absolute Gasteiger partial charge is 0.305 e. The van der Waals surface area contributed by atoms with Crippen molar-refractivity contribution in [3.05, 3.63) is 15.4 Å². The lowest BCUT2D eigenvalue weighted by atomic mass is 10.1. The van der Waals surface area contributed by atoms with Crippen LogP contribution in [0.2, 0.25) is 0 Å². The van der Waals surface area contributed by atoms with Gasteiger partial charge in [0.25, 0.3) is 10.0 Å². The van der Waals surface area contributed by atoms with Crippen LogP contribution in [0, 0.1) is 18.8 Å². The van der Waals surface area contributed by atoms with E-state index in [1.54, 1.807) is 6.92 Å². The fourth-order valence-corrected chi connectivity index (χ4v) is 4.82. The van der Waals surface area contributed by atoms with Gasteiger partial charge in [0.2, 0.25) is 0 Å². The number of nitrogens with zero attached hydrogens (tertiary/aromatic N) is 1. The Morgan fingerprint density at radius 2 is 1.57 bits per heavy atom. The zero-order valence-electron chi connectivity index (χ0n) is 13.5. The summed E-state index contributed by atoms with van der Waals surface area (Å²) >= 11 is 0.777. The van der Waals surface area contributed by atoms with Crippen molar-refractivity contribution in [2.45, 2.75) is 51.7 Å². The Balaban J connectivity index is 3.04. The van der Waals surface area contributed by atoms with Crippen LogP contribution < -0.4 is 4.87 Å². The first kappa shape index (κ1) is 18.4. The number of hydrogen-bond acceptors (Lipinski definition) is 4. The average molecular weight is 335 g/mol. The lowest BCUT2D eigenvalue weighted by molar-refractivity contribution is 0.357. The number of aromatic nitrogens is 1. The molecule has 1 aromatic rings. The van der Waals surface area contributed by atoms with Crippen LogP contribution in [0.3, 0.4) is 0 Å². The highest BCUT2D eigenvalue weighted by Crippen LogP contribution is 2.23. The fourth-order valence-electron chi connectivity index (χ4n) is 1.91.